The Morgan fingerprint density at radius 3 is 2.41 bits per heavy atom. The molecule has 0 unspecified atom stereocenters. The molecule has 1 aliphatic rings. The molecule has 1 saturated heterocycles. The minimum Gasteiger partial charge on any atom is -0.337 e. The molecule has 0 atom stereocenters. The van der Waals surface area contributed by atoms with Crippen LogP contribution in [0.2, 0.25) is 0 Å². The van der Waals surface area contributed by atoms with E-state index in [0.717, 1.165) is 12.1 Å². The van der Waals surface area contributed by atoms with Gasteiger partial charge in [-0.3, -0.25) is 15.6 Å². The highest BCUT2D eigenvalue weighted by atomic mass is 32.2. The second kappa shape index (κ2) is 8.03. The average molecular weight is 431 g/mol. The van der Waals surface area contributed by atoms with Gasteiger partial charge < -0.3 is 4.57 Å². The molecular formula is C17H20F3N5O3S. The molecule has 2 N–H and O–H groups in total. The van der Waals surface area contributed by atoms with Gasteiger partial charge in [0.1, 0.15) is 5.82 Å². The minimum absolute atomic E-state index is 0.0455. The van der Waals surface area contributed by atoms with Crippen molar-refractivity contribution in [1.82, 2.24) is 19.3 Å². The topological polar surface area (TPSA) is 96.3 Å². The molecule has 3 rings (SSSR count). The van der Waals surface area contributed by atoms with Crippen LogP contribution in [0, 0.1) is 30.3 Å². The van der Waals surface area contributed by atoms with Gasteiger partial charge in [-0.2, -0.15) is 4.31 Å². The van der Waals surface area contributed by atoms with Crippen LogP contribution < -0.4 is 10.9 Å². The summed E-state index contributed by atoms with van der Waals surface area (Å²) in [6, 6.07) is 1.69. The van der Waals surface area contributed by atoms with Gasteiger partial charge in [0, 0.05) is 32.3 Å². The summed E-state index contributed by atoms with van der Waals surface area (Å²) in [5.41, 5.74) is 4.06. The summed E-state index contributed by atoms with van der Waals surface area (Å²) in [6.07, 6.45) is 1.93. The lowest BCUT2D eigenvalue weighted by molar-refractivity contribution is -0.125. The Labute approximate surface area is 165 Å². The van der Waals surface area contributed by atoms with Crippen LogP contribution in [0.15, 0.2) is 23.4 Å². The number of hydrogen-bond acceptors (Lipinski definition) is 5. The molecule has 0 radical (unpaired) electrons. The number of anilines is 1. The van der Waals surface area contributed by atoms with Gasteiger partial charge in [0.25, 0.3) is 10.0 Å². The zero-order valence-corrected chi connectivity index (χ0v) is 16.6. The summed E-state index contributed by atoms with van der Waals surface area (Å²) in [5.74, 6) is -4.89. The van der Waals surface area contributed by atoms with E-state index in [-0.39, 0.29) is 31.0 Å². The Bertz CT molecular complexity index is 1010. The fourth-order valence-electron chi connectivity index (χ4n) is 2.99. The Morgan fingerprint density at radius 1 is 1.17 bits per heavy atom. The van der Waals surface area contributed by atoms with Crippen molar-refractivity contribution < 1.29 is 26.4 Å². The molecule has 0 saturated carbocycles. The van der Waals surface area contributed by atoms with Gasteiger partial charge >= 0.3 is 0 Å². The summed E-state index contributed by atoms with van der Waals surface area (Å²) in [5, 5.41) is -0.0455. The van der Waals surface area contributed by atoms with E-state index in [1.165, 1.54) is 10.5 Å². The van der Waals surface area contributed by atoms with Crippen molar-refractivity contribution in [1.29, 1.82) is 0 Å². The number of aryl methyl sites for hydroxylation is 2. The number of imidazole rings is 1. The molecule has 1 fully saturated rings. The summed E-state index contributed by atoms with van der Waals surface area (Å²) in [6.45, 7) is 1.93. The Morgan fingerprint density at radius 2 is 1.83 bits per heavy atom. The molecule has 2 aromatic rings. The van der Waals surface area contributed by atoms with Crippen LogP contribution in [0.1, 0.15) is 18.7 Å². The summed E-state index contributed by atoms with van der Waals surface area (Å²) in [4.78, 5) is 16.3. The molecule has 2 heterocycles. The van der Waals surface area contributed by atoms with E-state index in [9.17, 15) is 26.4 Å². The van der Waals surface area contributed by atoms with Crippen molar-refractivity contribution in [2.75, 3.05) is 18.5 Å². The number of hydrazine groups is 1. The Kier molecular flexibility index (Phi) is 5.85. The van der Waals surface area contributed by atoms with Gasteiger partial charge in [-0.25, -0.2) is 26.6 Å². The number of sulfonamides is 1. The second-order valence-corrected chi connectivity index (χ2v) is 8.64. The van der Waals surface area contributed by atoms with Crippen molar-refractivity contribution in [3.8, 4) is 0 Å². The smallest absolute Gasteiger partial charge is 0.262 e. The summed E-state index contributed by atoms with van der Waals surface area (Å²) >= 11 is 0. The number of nitrogens with zero attached hydrogens (tertiary/aromatic N) is 3. The maximum Gasteiger partial charge on any atom is 0.262 e. The number of benzene rings is 1. The first-order chi connectivity index (χ1) is 13.6. The monoisotopic (exact) mass is 431 g/mol. The lowest BCUT2D eigenvalue weighted by Gasteiger charge is -2.30. The molecule has 29 heavy (non-hydrogen) atoms. The van der Waals surface area contributed by atoms with Crippen LogP contribution in [0.3, 0.4) is 0 Å². The first-order valence-corrected chi connectivity index (χ1v) is 10.2. The molecule has 12 heteroatoms. The van der Waals surface area contributed by atoms with E-state index in [1.54, 1.807) is 18.5 Å². The van der Waals surface area contributed by atoms with E-state index >= 15 is 0 Å². The zero-order valence-electron chi connectivity index (χ0n) is 15.7. The fraction of sp³-hybridized carbons (Fsp3) is 0.412. The van der Waals surface area contributed by atoms with Crippen LogP contribution in [0.5, 0.6) is 0 Å². The first-order valence-electron chi connectivity index (χ1n) is 8.80. The molecule has 1 aromatic heterocycles. The van der Waals surface area contributed by atoms with E-state index in [1.807, 2.05) is 0 Å². The number of amides is 1. The summed E-state index contributed by atoms with van der Waals surface area (Å²) in [7, 11) is -2.06. The number of carbonyl (C=O) groups excluding carboxylic acids is 1. The number of halogens is 3. The lowest BCUT2D eigenvalue weighted by atomic mass is 9.98. The number of piperidine rings is 1. The normalized spacial score (nSPS) is 16.0. The van der Waals surface area contributed by atoms with Crippen molar-refractivity contribution in [2.24, 2.45) is 13.0 Å². The highest BCUT2D eigenvalue weighted by molar-refractivity contribution is 7.89. The van der Waals surface area contributed by atoms with Gasteiger partial charge in [0.2, 0.25) is 5.91 Å². The largest absolute Gasteiger partial charge is 0.337 e. The number of hydrogen-bond donors (Lipinski definition) is 2. The van der Waals surface area contributed by atoms with Crippen LogP contribution >= 0.6 is 0 Å². The van der Waals surface area contributed by atoms with Crippen LogP contribution in [-0.4, -0.2) is 41.3 Å². The van der Waals surface area contributed by atoms with E-state index in [4.69, 9.17) is 0 Å². The summed E-state index contributed by atoms with van der Waals surface area (Å²) < 4.78 is 68.0. The van der Waals surface area contributed by atoms with Gasteiger partial charge in [-0.15, -0.1) is 0 Å². The molecule has 0 spiro atoms. The molecule has 1 amide bonds. The van der Waals surface area contributed by atoms with Gasteiger partial charge in [0.15, 0.2) is 22.5 Å². The molecule has 158 valence electrons. The fourth-order valence-corrected chi connectivity index (χ4v) is 4.49. The molecule has 0 bridgehead atoms. The van der Waals surface area contributed by atoms with Gasteiger partial charge in [0.05, 0.1) is 5.69 Å². The zero-order chi connectivity index (χ0) is 21.3. The van der Waals surface area contributed by atoms with Crippen molar-refractivity contribution >= 4 is 21.6 Å². The van der Waals surface area contributed by atoms with Crippen molar-refractivity contribution in [3.63, 3.8) is 0 Å². The second-order valence-electron chi connectivity index (χ2n) is 6.75. The van der Waals surface area contributed by atoms with Crippen LogP contribution in [0.25, 0.3) is 0 Å². The first kappa shape index (κ1) is 21.1. The SMILES string of the molecule is Cc1nc(S(=O)(=O)N2CCC(C(=O)NNc3ccc(F)c(F)c3F)CC2)cn1C. The van der Waals surface area contributed by atoms with E-state index < -0.39 is 45.0 Å². The van der Waals surface area contributed by atoms with Crippen molar-refractivity contribution in [3.05, 3.63) is 41.6 Å². The Hall–Kier alpha value is -2.60. The Balaban J connectivity index is 1.58. The molecule has 0 aliphatic carbocycles. The quantitative estimate of drug-likeness (QED) is 0.555. The molecular weight excluding hydrogens is 411 g/mol. The number of aromatic nitrogens is 2. The third-order valence-corrected chi connectivity index (χ3v) is 6.64. The lowest BCUT2D eigenvalue weighted by Crippen LogP contribution is -2.44. The number of rotatable bonds is 5. The minimum atomic E-state index is -3.76. The average Bonchev–Trinajstić information content (AvgIpc) is 3.05. The standard InChI is InChI=1S/C17H20F3N5O3S/c1-10-21-14(9-24(10)2)29(27,28)25-7-5-11(6-8-25)17(26)23-22-13-4-3-12(18)15(19)16(13)20/h3-4,9,11,22H,5-8H2,1-2H3,(H,23,26). The van der Waals surface area contributed by atoms with Crippen LogP contribution in [0.4, 0.5) is 18.9 Å². The van der Waals surface area contributed by atoms with Gasteiger partial charge in [-0.1, -0.05) is 0 Å². The maximum atomic E-state index is 13.6. The number of carbonyl (C=O) groups is 1. The van der Waals surface area contributed by atoms with E-state index in [0.29, 0.717) is 5.82 Å². The van der Waals surface area contributed by atoms with Gasteiger partial charge in [-0.05, 0) is 31.9 Å². The maximum absolute atomic E-state index is 13.6. The van der Waals surface area contributed by atoms with Crippen LogP contribution in [-0.2, 0) is 21.9 Å². The highest BCUT2D eigenvalue weighted by Gasteiger charge is 2.33. The predicted octanol–water partition coefficient (Wildman–Crippen LogP) is 1.69. The molecule has 1 aliphatic heterocycles. The van der Waals surface area contributed by atoms with Crippen molar-refractivity contribution in [2.45, 2.75) is 24.8 Å². The number of nitrogens with one attached hydrogen (secondary N) is 2. The molecule has 8 nitrogen and oxygen atoms in total. The third kappa shape index (κ3) is 4.22. The predicted molar refractivity (Wildman–Crippen MR) is 97.5 cm³/mol. The highest BCUT2D eigenvalue weighted by Crippen LogP contribution is 2.24. The van der Waals surface area contributed by atoms with E-state index in [2.05, 4.69) is 15.8 Å². The molecule has 1 aromatic carbocycles. The third-order valence-electron chi connectivity index (χ3n) is 4.87.